The highest BCUT2D eigenvalue weighted by Gasteiger charge is 2.09. The molecule has 0 aromatic heterocycles. The molecule has 0 atom stereocenters. The van der Waals surface area contributed by atoms with Gasteiger partial charge in [0.2, 0.25) is 0 Å². The fraction of sp³-hybridized carbons (Fsp3) is 0.538. The molecule has 0 spiro atoms. The van der Waals surface area contributed by atoms with Crippen molar-refractivity contribution in [3.05, 3.63) is 71.8 Å². The third-order valence-electron chi connectivity index (χ3n) is 5.70. The topological polar surface area (TPSA) is 34.2 Å². The number of rotatable bonds is 6. The van der Waals surface area contributed by atoms with Crippen LogP contribution in [-0.2, 0) is 27.1 Å². The van der Waals surface area contributed by atoms with E-state index >= 15 is 0 Å². The zero-order valence-corrected chi connectivity index (χ0v) is 18.8. The average molecular weight is 427 g/mol. The first-order chi connectivity index (χ1) is 15.4. The van der Waals surface area contributed by atoms with Gasteiger partial charge < -0.3 is 14.2 Å². The molecule has 5 nitrogen and oxygen atoms in total. The minimum Gasteiger partial charge on any atom is -0.379 e. The second kappa shape index (κ2) is 15.1. The van der Waals surface area contributed by atoms with Crippen molar-refractivity contribution in [1.29, 1.82) is 0 Å². The normalized spacial score (nSPS) is 18.8. The molecule has 0 bridgehead atoms. The number of hydrogen-bond acceptors (Lipinski definition) is 5. The highest BCUT2D eigenvalue weighted by Crippen LogP contribution is 2.04. The zero-order valence-electron chi connectivity index (χ0n) is 18.8. The molecule has 1 heterocycles. The Morgan fingerprint density at radius 3 is 1.23 bits per heavy atom. The Labute approximate surface area is 187 Å². The summed E-state index contributed by atoms with van der Waals surface area (Å²) in [4.78, 5) is 4.89. The summed E-state index contributed by atoms with van der Waals surface area (Å²) in [6, 6.07) is 21.4. The van der Waals surface area contributed by atoms with E-state index in [9.17, 15) is 0 Å². The molecular formula is C26H38N2O3. The fourth-order valence-corrected chi connectivity index (χ4v) is 3.73. The molecule has 0 saturated carbocycles. The smallest absolute Gasteiger partial charge is 0.0701 e. The van der Waals surface area contributed by atoms with E-state index in [0.717, 1.165) is 78.5 Å². The lowest BCUT2D eigenvalue weighted by molar-refractivity contribution is 0.0325. The molecule has 5 heteroatoms. The van der Waals surface area contributed by atoms with Gasteiger partial charge in [-0.1, -0.05) is 60.7 Å². The molecule has 1 aliphatic heterocycles. The molecule has 2 aromatic carbocycles. The van der Waals surface area contributed by atoms with Crippen LogP contribution in [0.3, 0.4) is 0 Å². The van der Waals surface area contributed by atoms with Gasteiger partial charge in [0.1, 0.15) is 0 Å². The van der Waals surface area contributed by atoms with Gasteiger partial charge in [0.05, 0.1) is 39.6 Å². The van der Waals surface area contributed by atoms with Crippen LogP contribution < -0.4 is 0 Å². The van der Waals surface area contributed by atoms with Crippen molar-refractivity contribution in [1.82, 2.24) is 9.80 Å². The van der Waals surface area contributed by atoms with E-state index in [1.165, 1.54) is 11.1 Å². The third kappa shape index (κ3) is 10.4. The first kappa shape index (κ1) is 23.9. The summed E-state index contributed by atoms with van der Waals surface area (Å²) in [5, 5.41) is 0. The lowest BCUT2D eigenvalue weighted by Crippen LogP contribution is -2.35. The Morgan fingerprint density at radius 1 is 0.484 bits per heavy atom. The Kier molecular flexibility index (Phi) is 11.6. The van der Waals surface area contributed by atoms with Crippen LogP contribution in [0.5, 0.6) is 0 Å². The second-order valence-electron chi connectivity index (χ2n) is 7.99. The summed E-state index contributed by atoms with van der Waals surface area (Å²) >= 11 is 0. The van der Waals surface area contributed by atoms with Crippen LogP contribution in [0.25, 0.3) is 0 Å². The summed E-state index contributed by atoms with van der Waals surface area (Å²) in [5.41, 5.74) is 2.75. The van der Waals surface area contributed by atoms with Crippen molar-refractivity contribution in [2.24, 2.45) is 0 Å². The monoisotopic (exact) mass is 426 g/mol. The average Bonchev–Trinajstić information content (AvgIpc) is 2.83. The van der Waals surface area contributed by atoms with Gasteiger partial charge in [0.15, 0.2) is 0 Å². The Bertz CT molecular complexity index is 624. The van der Waals surface area contributed by atoms with E-state index in [1.54, 1.807) is 0 Å². The quantitative estimate of drug-likeness (QED) is 0.709. The van der Waals surface area contributed by atoms with E-state index in [4.69, 9.17) is 14.2 Å². The molecule has 170 valence electrons. The number of ether oxygens (including phenoxy) is 3. The first-order valence-corrected chi connectivity index (χ1v) is 11.7. The predicted molar refractivity (Wildman–Crippen MR) is 126 cm³/mol. The number of hydrogen-bond donors (Lipinski definition) is 0. The minimum absolute atomic E-state index is 0.660. The molecule has 0 amide bonds. The molecule has 1 fully saturated rings. The van der Waals surface area contributed by atoms with Gasteiger partial charge in [0.25, 0.3) is 0 Å². The van der Waals surface area contributed by atoms with Crippen molar-refractivity contribution in [3.8, 4) is 0 Å². The van der Waals surface area contributed by atoms with E-state index in [-0.39, 0.29) is 0 Å². The van der Waals surface area contributed by atoms with Gasteiger partial charge in [-0.05, 0) is 24.0 Å². The molecule has 0 radical (unpaired) electrons. The van der Waals surface area contributed by atoms with Crippen LogP contribution in [0.1, 0.15) is 11.1 Å². The predicted octanol–water partition coefficient (Wildman–Crippen LogP) is 3.14. The number of benzene rings is 2. The largest absolute Gasteiger partial charge is 0.379 e. The summed E-state index contributed by atoms with van der Waals surface area (Å²) in [7, 11) is 0. The van der Waals surface area contributed by atoms with Crippen LogP contribution in [0.2, 0.25) is 0 Å². The lowest BCUT2D eigenvalue weighted by Gasteiger charge is -2.23. The maximum absolute atomic E-state index is 6.01. The number of nitrogens with zero attached hydrogens (tertiary/aromatic N) is 2. The second-order valence-corrected chi connectivity index (χ2v) is 7.99. The van der Waals surface area contributed by atoms with Gasteiger partial charge in [-0.15, -0.1) is 0 Å². The van der Waals surface area contributed by atoms with Crippen LogP contribution in [0.4, 0.5) is 0 Å². The van der Waals surface area contributed by atoms with Crippen LogP contribution >= 0.6 is 0 Å². The molecule has 0 N–H and O–H groups in total. The lowest BCUT2D eigenvalue weighted by atomic mass is 10.1. The summed E-state index contributed by atoms with van der Waals surface area (Å²) < 4.78 is 17.6. The first-order valence-electron chi connectivity index (χ1n) is 11.7. The summed E-state index contributed by atoms with van der Waals surface area (Å²) in [5.74, 6) is 0. The van der Waals surface area contributed by atoms with Crippen LogP contribution in [0, 0.1) is 0 Å². The van der Waals surface area contributed by atoms with Gasteiger partial charge in [-0.25, -0.2) is 0 Å². The van der Waals surface area contributed by atoms with Crippen molar-refractivity contribution in [2.75, 3.05) is 78.9 Å². The summed E-state index contributed by atoms with van der Waals surface area (Å²) in [6.07, 6.45) is 2.11. The minimum atomic E-state index is 0.660. The molecule has 0 unspecified atom stereocenters. The van der Waals surface area contributed by atoms with Gasteiger partial charge >= 0.3 is 0 Å². The summed E-state index contributed by atoms with van der Waals surface area (Å²) in [6.45, 7) is 10.1. The standard InChI is InChI=1S/C26H38N2O3/c1-3-7-25(8-4-1)11-13-27-15-19-29-20-16-28(14-12-26-9-5-2-6-10-26)18-22-31-24-23-30-21-17-27/h1-10H,11-24H2. The van der Waals surface area contributed by atoms with Gasteiger partial charge in [0, 0.05) is 39.3 Å². The molecule has 1 aliphatic rings. The van der Waals surface area contributed by atoms with Crippen LogP contribution in [-0.4, -0.2) is 88.7 Å². The Balaban J connectivity index is 1.43. The van der Waals surface area contributed by atoms with Crippen molar-refractivity contribution in [3.63, 3.8) is 0 Å². The Morgan fingerprint density at radius 2 is 0.839 bits per heavy atom. The van der Waals surface area contributed by atoms with Crippen molar-refractivity contribution < 1.29 is 14.2 Å². The molecule has 2 aromatic rings. The maximum Gasteiger partial charge on any atom is 0.0701 e. The van der Waals surface area contributed by atoms with Crippen LogP contribution in [0.15, 0.2) is 60.7 Å². The molecular weight excluding hydrogens is 388 g/mol. The molecule has 1 saturated heterocycles. The van der Waals surface area contributed by atoms with E-state index in [0.29, 0.717) is 13.2 Å². The third-order valence-corrected chi connectivity index (χ3v) is 5.70. The SMILES string of the molecule is c1ccc(CCN2CCOCCOCCN(CCc3ccccc3)CCOCC2)cc1. The highest BCUT2D eigenvalue weighted by atomic mass is 16.5. The van der Waals surface area contributed by atoms with Gasteiger partial charge in [-0.2, -0.15) is 0 Å². The molecule has 31 heavy (non-hydrogen) atoms. The van der Waals surface area contributed by atoms with E-state index < -0.39 is 0 Å². The van der Waals surface area contributed by atoms with Crippen molar-refractivity contribution >= 4 is 0 Å². The molecule has 3 rings (SSSR count). The van der Waals surface area contributed by atoms with E-state index in [1.807, 2.05) is 0 Å². The fourth-order valence-electron chi connectivity index (χ4n) is 3.73. The highest BCUT2D eigenvalue weighted by molar-refractivity contribution is 5.15. The van der Waals surface area contributed by atoms with E-state index in [2.05, 4.69) is 70.5 Å². The zero-order chi connectivity index (χ0) is 21.4. The Hall–Kier alpha value is -1.76. The van der Waals surface area contributed by atoms with Crippen molar-refractivity contribution in [2.45, 2.75) is 12.8 Å². The maximum atomic E-state index is 6.01. The van der Waals surface area contributed by atoms with Gasteiger partial charge in [-0.3, -0.25) is 9.80 Å². The molecule has 0 aliphatic carbocycles.